The second-order valence-corrected chi connectivity index (χ2v) is 5.16. The summed E-state index contributed by atoms with van der Waals surface area (Å²) in [4.78, 5) is 8.93. The Labute approximate surface area is 140 Å². The maximum Gasteiger partial charge on any atom is 0.166 e. The molecule has 0 unspecified atom stereocenters. The summed E-state index contributed by atoms with van der Waals surface area (Å²) in [7, 11) is 0. The van der Waals surface area contributed by atoms with E-state index in [1.54, 1.807) is 4.52 Å². The van der Waals surface area contributed by atoms with Crippen LogP contribution in [0.1, 0.15) is 25.1 Å². The van der Waals surface area contributed by atoms with Crippen LogP contribution >= 0.6 is 11.6 Å². The molecule has 0 aliphatic carbocycles. The molecule has 0 fully saturated rings. The van der Waals surface area contributed by atoms with Crippen LogP contribution < -0.4 is 0 Å². The van der Waals surface area contributed by atoms with E-state index in [1.807, 2.05) is 57.3 Å². The van der Waals surface area contributed by atoms with Gasteiger partial charge in [0.2, 0.25) is 0 Å². The Morgan fingerprint density at radius 2 is 2.00 bits per heavy atom. The third kappa shape index (κ3) is 3.17. The molecule has 0 amide bonds. The van der Waals surface area contributed by atoms with Crippen molar-refractivity contribution in [3.63, 3.8) is 0 Å². The average molecular weight is 327 g/mol. The number of rotatable bonds is 2. The molecular weight excluding hydrogens is 308 g/mol. The molecule has 0 bridgehead atoms. The van der Waals surface area contributed by atoms with Gasteiger partial charge >= 0.3 is 0 Å². The molecule has 0 spiro atoms. The van der Waals surface area contributed by atoms with E-state index in [1.165, 1.54) is 0 Å². The zero-order valence-corrected chi connectivity index (χ0v) is 14.3. The Bertz CT molecular complexity index is 906. The van der Waals surface area contributed by atoms with E-state index in [-0.39, 0.29) is 0 Å². The van der Waals surface area contributed by atoms with Gasteiger partial charge in [-0.25, -0.2) is 9.97 Å². The van der Waals surface area contributed by atoms with Gasteiger partial charge in [-0.15, -0.1) is 13.2 Å². The normalized spacial score (nSPS) is 11.9. The quantitative estimate of drug-likeness (QED) is 0.377. The third-order valence-corrected chi connectivity index (χ3v) is 3.59. The van der Waals surface area contributed by atoms with E-state index in [0.717, 1.165) is 33.5 Å². The lowest BCUT2D eigenvalue weighted by molar-refractivity contribution is 0.939. The van der Waals surface area contributed by atoms with E-state index in [2.05, 4.69) is 28.2 Å². The van der Waals surface area contributed by atoms with Crippen molar-refractivity contribution in [1.29, 1.82) is 0 Å². The van der Waals surface area contributed by atoms with Crippen molar-refractivity contribution < 1.29 is 0 Å². The van der Waals surface area contributed by atoms with Crippen molar-refractivity contribution in [2.75, 3.05) is 0 Å². The largest absolute Gasteiger partial charge is 0.236 e. The van der Waals surface area contributed by atoms with Gasteiger partial charge in [-0.05, 0) is 32.4 Å². The van der Waals surface area contributed by atoms with Crippen LogP contribution in [0, 0.1) is 6.92 Å². The van der Waals surface area contributed by atoms with E-state index in [9.17, 15) is 0 Å². The van der Waals surface area contributed by atoms with Crippen molar-refractivity contribution >= 4 is 33.9 Å². The second kappa shape index (κ2) is 7.20. The molecule has 0 saturated heterocycles. The van der Waals surface area contributed by atoms with Crippen LogP contribution in [-0.4, -0.2) is 19.6 Å². The number of hydrogen-bond acceptors (Lipinski definition) is 3. The molecular formula is C18H19ClN4. The maximum atomic E-state index is 6.37. The van der Waals surface area contributed by atoms with Crippen molar-refractivity contribution in [1.82, 2.24) is 19.6 Å². The summed E-state index contributed by atoms with van der Waals surface area (Å²) in [6.07, 6.45) is 7.81. The molecule has 3 heterocycles. The molecule has 118 valence electrons. The summed E-state index contributed by atoms with van der Waals surface area (Å²) in [6.45, 7) is 11.9. The Morgan fingerprint density at radius 3 is 2.65 bits per heavy atom. The van der Waals surface area contributed by atoms with Gasteiger partial charge in [0.25, 0.3) is 0 Å². The number of hydrogen-bond donors (Lipinski definition) is 0. The van der Waals surface area contributed by atoms with Crippen LogP contribution in [0.15, 0.2) is 49.7 Å². The lowest BCUT2D eigenvalue weighted by atomic mass is 10.1. The Kier molecular flexibility index (Phi) is 5.29. The lowest BCUT2D eigenvalue weighted by Gasteiger charge is -2.07. The first-order valence-electron chi connectivity index (χ1n) is 7.25. The SMILES string of the molecule is C/C=C\C(=C/C)c1cc2cnc3cc(C)nn3c2nc1Cl.C=C. The summed E-state index contributed by atoms with van der Waals surface area (Å²) >= 11 is 6.37. The van der Waals surface area contributed by atoms with Gasteiger partial charge in [0.05, 0.1) is 5.69 Å². The number of pyridine rings is 1. The number of nitrogens with zero attached hydrogens (tertiary/aromatic N) is 4. The first-order chi connectivity index (χ1) is 11.1. The van der Waals surface area contributed by atoms with Crippen LogP contribution in [0.3, 0.4) is 0 Å². The first-order valence-corrected chi connectivity index (χ1v) is 7.63. The first kappa shape index (κ1) is 16.9. The molecule has 0 aliphatic heterocycles. The molecule has 0 radical (unpaired) electrons. The van der Waals surface area contributed by atoms with Crippen molar-refractivity contribution in [2.24, 2.45) is 0 Å². The highest BCUT2D eigenvalue weighted by atomic mass is 35.5. The van der Waals surface area contributed by atoms with E-state index in [4.69, 9.17) is 11.6 Å². The highest BCUT2D eigenvalue weighted by Crippen LogP contribution is 2.27. The molecule has 23 heavy (non-hydrogen) atoms. The summed E-state index contributed by atoms with van der Waals surface area (Å²) in [6, 6.07) is 3.92. The number of aryl methyl sites for hydroxylation is 1. The van der Waals surface area contributed by atoms with Gasteiger partial charge in [-0.1, -0.05) is 29.8 Å². The zero-order valence-electron chi connectivity index (χ0n) is 13.5. The Morgan fingerprint density at radius 1 is 1.26 bits per heavy atom. The fourth-order valence-corrected chi connectivity index (χ4v) is 2.60. The minimum atomic E-state index is 0.467. The van der Waals surface area contributed by atoms with Crippen molar-refractivity contribution in [3.8, 4) is 0 Å². The standard InChI is InChI=1S/C16H15ClN4.C2H4/c1-4-6-11(5-2)13-8-12-9-18-14-7-10(3)20-21(14)16(12)19-15(13)17;1-2/h4-9H,1-3H3;1-2H2/b6-4-,11-5+;. The smallest absolute Gasteiger partial charge is 0.166 e. The Hall–Kier alpha value is -2.46. The zero-order chi connectivity index (χ0) is 17.0. The van der Waals surface area contributed by atoms with Gasteiger partial charge in [-0.2, -0.15) is 9.61 Å². The molecule has 4 nitrogen and oxygen atoms in total. The molecule has 0 aromatic carbocycles. The van der Waals surface area contributed by atoms with Gasteiger partial charge in [0.1, 0.15) is 5.15 Å². The fourth-order valence-electron chi connectivity index (χ4n) is 2.35. The number of halogens is 1. The topological polar surface area (TPSA) is 43.1 Å². The molecule has 5 heteroatoms. The maximum absolute atomic E-state index is 6.37. The van der Waals surface area contributed by atoms with Crippen LogP contribution in [0.25, 0.3) is 22.3 Å². The van der Waals surface area contributed by atoms with Gasteiger partial charge in [0.15, 0.2) is 11.3 Å². The molecule has 0 aliphatic rings. The predicted octanol–water partition coefficient (Wildman–Crippen LogP) is 5.02. The van der Waals surface area contributed by atoms with E-state index in [0.29, 0.717) is 5.15 Å². The average Bonchev–Trinajstić information content (AvgIpc) is 2.95. The van der Waals surface area contributed by atoms with Gasteiger partial charge in [0, 0.05) is 23.2 Å². The summed E-state index contributed by atoms with van der Waals surface area (Å²) in [5.41, 5.74) is 4.33. The van der Waals surface area contributed by atoms with Crippen LogP contribution in [0.2, 0.25) is 5.15 Å². The Balaban J connectivity index is 0.000000924. The molecule has 0 N–H and O–H groups in total. The third-order valence-electron chi connectivity index (χ3n) is 3.30. The van der Waals surface area contributed by atoms with E-state index >= 15 is 0 Å². The van der Waals surface area contributed by atoms with Gasteiger partial charge in [-0.3, -0.25) is 0 Å². The summed E-state index contributed by atoms with van der Waals surface area (Å²) in [5, 5.41) is 5.80. The predicted molar refractivity (Wildman–Crippen MR) is 97.8 cm³/mol. The number of allylic oxidation sites excluding steroid dienone is 4. The molecule has 3 aromatic rings. The van der Waals surface area contributed by atoms with Gasteiger partial charge < -0.3 is 0 Å². The molecule has 3 rings (SSSR count). The molecule has 0 atom stereocenters. The number of aromatic nitrogens is 4. The van der Waals surface area contributed by atoms with Crippen molar-refractivity contribution in [2.45, 2.75) is 20.8 Å². The summed E-state index contributed by atoms with van der Waals surface area (Å²) in [5.74, 6) is 0. The number of fused-ring (bicyclic) bond motifs is 3. The minimum absolute atomic E-state index is 0.467. The second-order valence-electron chi connectivity index (χ2n) is 4.80. The summed E-state index contributed by atoms with van der Waals surface area (Å²) < 4.78 is 1.73. The molecule has 0 saturated carbocycles. The van der Waals surface area contributed by atoms with Crippen LogP contribution in [0.4, 0.5) is 0 Å². The highest BCUT2D eigenvalue weighted by molar-refractivity contribution is 6.31. The lowest BCUT2D eigenvalue weighted by Crippen LogP contribution is -1.98. The molecule has 3 aromatic heterocycles. The van der Waals surface area contributed by atoms with Crippen LogP contribution in [-0.2, 0) is 0 Å². The van der Waals surface area contributed by atoms with Crippen LogP contribution in [0.5, 0.6) is 0 Å². The fraction of sp³-hybridized carbons (Fsp3) is 0.167. The highest BCUT2D eigenvalue weighted by Gasteiger charge is 2.11. The van der Waals surface area contributed by atoms with E-state index < -0.39 is 0 Å². The monoisotopic (exact) mass is 326 g/mol. The van der Waals surface area contributed by atoms with Crippen molar-refractivity contribution in [3.05, 3.63) is 66.1 Å². The minimum Gasteiger partial charge on any atom is -0.236 e.